The zero-order valence-corrected chi connectivity index (χ0v) is 12.1. The molecule has 0 fully saturated rings. The normalized spacial score (nSPS) is 14.0. The molecule has 1 heterocycles. The fourth-order valence-corrected chi connectivity index (χ4v) is 2.08. The van der Waals surface area contributed by atoms with Gasteiger partial charge in [-0.05, 0) is 39.2 Å². The molecule has 2 unspecified atom stereocenters. The van der Waals surface area contributed by atoms with E-state index in [2.05, 4.69) is 10.3 Å². The summed E-state index contributed by atoms with van der Waals surface area (Å²) in [6, 6.07) is -0.138. The van der Waals surface area contributed by atoms with Gasteiger partial charge in [-0.1, -0.05) is 6.92 Å². The Labute approximate surface area is 113 Å². The number of Topliss-reactive ketones (excluding diaryl/α,β-unsaturated/α-hetero) is 1. The van der Waals surface area contributed by atoms with E-state index in [1.165, 1.54) is 6.92 Å². The first-order valence-corrected chi connectivity index (χ1v) is 6.41. The Kier molecular flexibility index (Phi) is 4.89. The van der Waals surface area contributed by atoms with Gasteiger partial charge >= 0.3 is 0 Å². The van der Waals surface area contributed by atoms with E-state index in [4.69, 9.17) is 5.11 Å². The zero-order valence-electron chi connectivity index (χ0n) is 12.1. The van der Waals surface area contributed by atoms with Gasteiger partial charge in [-0.2, -0.15) is 0 Å². The maximum absolute atomic E-state index is 12.1. The van der Waals surface area contributed by atoms with Crippen LogP contribution in [0, 0.1) is 19.8 Å². The van der Waals surface area contributed by atoms with Gasteiger partial charge in [0, 0.05) is 23.9 Å². The fraction of sp³-hybridized carbons (Fsp3) is 0.571. The molecule has 0 aromatic carbocycles. The number of aryl methyl sites for hydroxylation is 1. The molecule has 1 aromatic heterocycles. The number of aliphatic hydroxyl groups is 1. The third kappa shape index (κ3) is 3.23. The Balaban J connectivity index is 2.96. The first kappa shape index (κ1) is 15.4. The van der Waals surface area contributed by atoms with Gasteiger partial charge in [-0.3, -0.25) is 9.59 Å². The molecule has 1 rings (SSSR count). The Morgan fingerprint density at radius 2 is 1.89 bits per heavy atom. The van der Waals surface area contributed by atoms with E-state index in [1.807, 2.05) is 13.8 Å². The predicted molar refractivity (Wildman–Crippen MR) is 73.4 cm³/mol. The minimum Gasteiger partial charge on any atom is -0.396 e. The van der Waals surface area contributed by atoms with Gasteiger partial charge in [0.05, 0.1) is 0 Å². The number of amides is 1. The third-order valence-electron chi connectivity index (χ3n) is 3.52. The van der Waals surface area contributed by atoms with Crippen molar-refractivity contribution in [3.05, 3.63) is 22.5 Å². The fourth-order valence-electron chi connectivity index (χ4n) is 2.08. The highest BCUT2D eigenvalue weighted by Crippen LogP contribution is 2.18. The monoisotopic (exact) mass is 266 g/mol. The summed E-state index contributed by atoms with van der Waals surface area (Å²) in [4.78, 5) is 26.6. The van der Waals surface area contributed by atoms with Crippen LogP contribution in [-0.2, 0) is 0 Å². The summed E-state index contributed by atoms with van der Waals surface area (Å²) in [5, 5.41) is 11.9. The molecule has 0 saturated carbocycles. The van der Waals surface area contributed by atoms with E-state index in [-0.39, 0.29) is 30.3 Å². The van der Waals surface area contributed by atoms with Crippen LogP contribution in [-0.4, -0.2) is 34.4 Å². The van der Waals surface area contributed by atoms with Crippen LogP contribution in [0.4, 0.5) is 0 Å². The van der Waals surface area contributed by atoms with Gasteiger partial charge in [0.25, 0.3) is 5.91 Å². The summed E-state index contributed by atoms with van der Waals surface area (Å²) in [5.41, 5.74) is 2.37. The number of nitrogens with one attached hydrogen (secondary N) is 2. The lowest BCUT2D eigenvalue weighted by molar-refractivity contribution is 0.0911. The standard InChI is InChI=1S/C14H22N2O3/c1-7(6-17)9(3)16-14(19)13-8(2)12(11(5)18)10(4)15-13/h7,9,15,17H,6H2,1-5H3,(H,16,19). The molecule has 106 valence electrons. The van der Waals surface area contributed by atoms with Crippen molar-refractivity contribution in [1.82, 2.24) is 10.3 Å². The van der Waals surface area contributed by atoms with Gasteiger partial charge in [0.1, 0.15) is 5.69 Å². The number of aromatic amines is 1. The molecule has 0 bridgehead atoms. The quantitative estimate of drug-likeness (QED) is 0.708. The Morgan fingerprint density at radius 3 is 2.32 bits per heavy atom. The van der Waals surface area contributed by atoms with Crippen LogP contribution < -0.4 is 5.32 Å². The van der Waals surface area contributed by atoms with Crippen molar-refractivity contribution in [2.75, 3.05) is 6.61 Å². The molecule has 1 amide bonds. The van der Waals surface area contributed by atoms with Crippen molar-refractivity contribution in [2.24, 2.45) is 5.92 Å². The number of hydrogen-bond donors (Lipinski definition) is 3. The molecule has 2 atom stereocenters. The lowest BCUT2D eigenvalue weighted by Crippen LogP contribution is -2.38. The molecule has 0 radical (unpaired) electrons. The average Bonchev–Trinajstić information content (AvgIpc) is 2.63. The lowest BCUT2D eigenvalue weighted by atomic mass is 10.0. The average molecular weight is 266 g/mol. The summed E-state index contributed by atoms with van der Waals surface area (Å²) in [5.74, 6) is -0.324. The number of aliphatic hydroxyl groups excluding tert-OH is 1. The second kappa shape index (κ2) is 6.02. The molecule has 0 aliphatic carbocycles. The van der Waals surface area contributed by atoms with Crippen LogP contribution in [0.25, 0.3) is 0 Å². The van der Waals surface area contributed by atoms with Crippen molar-refractivity contribution in [1.29, 1.82) is 0 Å². The Morgan fingerprint density at radius 1 is 1.32 bits per heavy atom. The van der Waals surface area contributed by atoms with Gasteiger partial charge in [0.15, 0.2) is 5.78 Å². The molecule has 5 nitrogen and oxygen atoms in total. The summed E-state index contributed by atoms with van der Waals surface area (Å²) in [6.07, 6.45) is 0. The topological polar surface area (TPSA) is 82.2 Å². The van der Waals surface area contributed by atoms with E-state index in [9.17, 15) is 9.59 Å². The molecule has 0 saturated heterocycles. The SMILES string of the molecule is CC(=O)c1c(C)[nH]c(C(=O)NC(C)C(C)CO)c1C. The lowest BCUT2D eigenvalue weighted by Gasteiger charge is -2.19. The summed E-state index contributed by atoms with van der Waals surface area (Å²) in [6.45, 7) is 8.74. The molecular formula is C14H22N2O3. The maximum atomic E-state index is 12.1. The minimum absolute atomic E-state index is 0.0167. The number of carbonyl (C=O) groups is 2. The number of aromatic nitrogens is 1. The van der Waals surface area contributed by atoms with Gasteiger partial charge in [-0.15, -0.1) is 0 Å². The summed E-state index contributed by atoms with van der Waals surface area (Å²) < 4.78 is 0. The molecule has 0 spiro atoms. The van der Waals surface area contributed by atoms with Crippen LogP contribution >= 0.6 is 0 Å². The molecule has 5 heteroatoms. The number of ketones is 1. The molecule has 19 heavy (non-hydrogen) atoms. The minimum atomic E-state index is -0.249. The first-order valence-electron chi connectivity index (χ1n) is 6.41. The maximum Gasteiger partial charge on any atom is 0.268 e. The summed E-state index contributed by atoms with van der Waals surface area (Å²) in [7, 11) is 0. The van der Waals surface area contributed by atoms with Crippen molar-refractivity contribution in [2.45, 2.75) is 40.7 Å². The highest BCUT2D eigenvalue weighted by molar-refractivity contribution is 6.02. The highest BCUT2D eigenvalue weighted by Gasteiger charge is 2.22. The van der Waals surface area contributed by atoms with E-state index in [1.54, 1.807) is 13.8 Å². The summed E-state index contributed by atoms with van der Waals surface area (Å²) >= 11 is 0. The number of H-pyrrole nitrogens is 1. The first-order chi connectivity index (χ1) is 8.79. The van der Waals surface area contributed by atoms with E-state index < -0.39 is 0 Å². The van der Waals surface area contributed by atoms with Crippen molar-refractivity contribution < 1.29 is 14.7 Å². The zero-order chi connectivity index (χ0) is 14.7. The number of rotatable bonds is 5. The third-order valence-corrected chi connectivity index (χ3v) is 3.52. The van der Waals surface area contributed by atoms with E-state index in [0.29, 0.717) is 22.5 Å². The van der Waals surface area contributed by atoms with Crippen LogP contribution in [0.5, 0.6) is 0 Å². The van der Waals surface area contributed by atoms with Crippen molar-refractivity contribution in [3.63, 3.8) is 0 Å². The molecule has 3 N–H and O–H groups in total. The second-order valence-electron chi connectivity index (χ2n) is 5.10. The largest absolute Gasteiger partial charge is 0.396 e. The molecule has 0 aliphatic heterocycles. The Bertz CT molecular complexity index is 491. The Hall–Kier alpha value is -1.62. The number of hydrogen-bond acceptors (Lipinski definition) is 3. The van der Waals surface area contributed by atoms with Gasteiger partial charge < -0.3 is 15.4 Å². The smallest absolute Gasteiger partial charge is 0.268 e. The highest BCUT2D eigenvalue weighted by atomic mass is 16.3. The molecule has 1 aromatic rings. The van der Waals surface area contributed by atoms with Crippen LogP contribution in [0.3, 0.4) is 0 Å². The number of carbonyl (C=O) groups excluding carboxylic acids is 2. The second-order valence-corrected chi connectivity index (χ2v) is 5.10. The van der Waals surface area contributed by atoms with Crippen molar-refractivity contribution >= 4 is 11.7 Å². The van der Waals surface area contributed by atoms with Crippen LogP contribution in [0.2, 0.25) is 0 Å². The van der Waals surface area contributed by atoms with Gasteiger partial charge in [0.2, 0.25) is 0 Å². The van der Waals surface area contributed by atoms with Gasteiger partial charge in [-0.25, -0.2) is 0 Å². The molecule has 0 aliphatic rings. The molecular weight excluding hydrogens is 244 g/mol. The predicted octanol–water partition coefficient (Wildman–Crippen LogP) is 1.58. The van der Waals surface area contributed by atoms with Crippen LogP contribution in [0.1, 0.15) is 52.9 Å². The van der Waals surface area contributed by atoms with Crippen LogP contribution in [0.15, 0.2) is 0 Å². The van der Waals surface area contributed by atoms with E-state index in [0.717, 1.165) is 0 Å². The van der Waals surface area contributed by atoms with E-state index >= 15 is 0 Å². The van der Waals surface area contributed by atoms with Crippen molar-refractivity contribution in [3.8, 4) is 0 Å².